The van der Waals surface area contributed by atoms with Gasteiger partial charge in [-0.1, -0.05) is 11.3 Å². The van der Waals surface area contributed by atoms with E-state index >= 15 is 0 Å². The molecule has 112 valence electrons. The van der Waals surface area contributed by atoms with Crippen molar-refractivity contribution in [1.29, 1.82) is 0 Å². The molecule has 0 aromatic carbocycles. The lowest BCUT2D eigenvalue weighted by Gasteiger charge is -2.26. The Bertz CT molecular complexity index is 647. The fraction of sp³-hybridized carbons (Fsp3) is 0.615. The lowest BCUT2D eigenvalue weighted by atomic mass is 10.3. The third kappa shape index (κ3) is 2.33. The fourth-order valence-corrected chi connectivity index (χ4v) is 3.76. The van der Waals surface area contributed by atoms with Gasteiger partial charge in [0.05, 0.1) is 30.4 Å². The molecular formula is C13H17N5O2S. The van der Waals surface area contributed by atoms with E-state index in [-0.39, 0.29) is 0 Å². The Labute approximate surface area is 126 Å². The first kappa shape index (κ1) is 13.2. The number of hydrogen-bond acceptors (Lipinski definition) is 7. The number of aryl methyl sites for hydroxylation is 1. The van der Waals surface area contributed by atoms with Crippen molar-refractivity contribution in [2.75, 3.05) is 37.8 Å². The molecule has 1 fully saturated rings. The highest BCUT2D eigenvalue weighted by molar-refractivity contribution is 7.19. The van der Waals surface area contributed by atoms with Gasteiger partial charge in [-0.05, 0) is 6.92 Å². The summed E-state index contributed by atoms with van der Waals surface area (Å²) in [4.78, 5) is 8.10. The first-order valence-electron chi connectivity index (χ1n) is 7.13. The lowest BCUT2D eigenvalue weighted by Crippen LogP contribution is -2.36. The average molecular weight is 307 g/mol. The molecule has 2 aromatic heterocycles. The molecule has 8 heteroatoms. The van der Waals surface area contributed by atoms with Crippen molar-refractivity contribution in [1.82, 2.24) is 19.7 Å². The van der Waals surface area contributed by atoms with E-state index in [0.29, 0.717) is 13.2 Å². The first-order valence-corrected chi connectivity index (χ1v) is 7.95. The summed E-state index contributed by atoms with van der Waals surface area (Å²) in [6, 6.07) is 0. The highest BCUT2D eigenvalue weighted by atomic mass is 32.1. The van der Waals surface area contributed by atoms with Gasteiger partial charge in [-0.2, -0.15) is 0 Å². The van der Waals surface area contributed by atoms with Crippen LogP contribution < -0.4 is 4.90 Å². The Balaban J connectivity index is 1.69. The number of rotatable bonds is 2. The topological polar surface area (TPSA) is 65.3 Å². The van der Waals surface area contributed by atoms with Crippen LogP contribution in [-0.4, -0.2) is 52.7 Å². The zero-order valence-electron chi connectivity index (χ0n) is 11.9. The van der Waals surface area contributed by atoms with Crippen LogP contribution in [0, 0.1) is 6.92 Å². The van der Waals surface area contributed by atoms with Crippen LogP contribution in [0.4, 0.5) is 5.13 Å². The molecule has 2 aromatic rings. The summed E-state index contributed by atoms with van der Waals surface area (Å²) in [7, 11) is 0. The summed E-state index contributed by atoms with van der Waals surface area (Å²) in [5.74, 6) is 1.82. The minimum atomic E-state index is 0.543. The minimum Gasteiger partial charge on any atom is -0.378 e. The number of hydrogen-bond donors (Lipinski definition) is 0. The van der Waals surface area contributed by atoms with E-state index in [4.69, 9.17) is 14.5 Å². The number of thiazole rings is 1. The van der Waals surface area contributed by atoms with Crippen LogP contribution in [0.15, 0.2) is 0 Å². The summed E-state index contributed by atoms with van der Waals surface area (Å²) < 4.78 is 13.0. The van der Waals surface area contributed by atoms with Crippen molar-refractivity contribution in [3.05, 3.63) is 11.5 Å². The molecular weight excluding hydrogens is 290 g/mol. The van der Waals surface area contributed by atoms with Gasteiger partial charge in [-0.15, -0.1) is 10.2 Å². The van der Waals surface area contributed by atoms with E-state index in [1.165, 1.54) is 0 Å². The van der Waals surface area contributed by atoms with Gasteiger partial charge in [0.2, 0.25) is 0 Å². The van der Waals surface area contributed by atoms with Crippen LogP contribution >= 0.6 is 11.3 Å². The third-order valence-corrected chi connectivity index (χ3v) is 5.00. The van der Waals surface area contributed by atoms with E-state index in [9.17, 15) is 0 Å². The molecule has 7 nitrogen and oxygen atoms in total. The number of ether oxygens (including phenoxy) is 2. The fourth-order valence-electron chi connectivity index (χ4n) is 2.64. The van der Waals surface area contributed by atoms with Crippen molar-refractivity contribution in [3.8, 4) is 10.7 Å². The van der Waals surface area contributed by atoms with Crippen LogP contribution in [0.25, 0.3) is 10.7 Å². The standard InChI is InChI=1S/C13H17N5O2S/c1-9-11(12-16-15-10-8-20-7-4-18(10)12)21-13(14-9)17-2-5-19-6-3-17/h2-8H2,1H3. The maximum Gasteiger partial charge on any atom is 0.186 e. The lowest BCUT2D eigenvalue weighted by molar-refractivity contribution is 0.0821. The van der Waals surface area contributed by atoms with Crippen molar-refractivity contribution in [2.45, 2.75) is 20.1 Å². The van der Waals surface area contributed by atoms with Crippen molar-refractivity contribution in [2.24, 2.45) is 0 Å². The van der Waals surface area contributed by atoms with Crippen molar-refractivity contribution >= 4 is 16.5 Å². The van der Waals surface area contributed by atoms with Gasteiger partial charge in [0.1, 0.15) is 6.61 Å². The van der Waals surface area contributed by atoms with Gasteiger partial charge in [-0.3, -0.25) is 0 Å². The minimum absolute atomic E-state index is 0.543. The molecule has 0 radical (unpaired) electrons. The maximum absolute atomic E-state index is 5.42. The molecule has 2 aliphatic heterocycles. The zero-order chi connectivity index (χ0) is 14.2. The van der Waals surface area contributed by atoms with E-state index in [1.54, 1.807) is 11.3 Å². The summed E-state index contributed by atoms with van der Waals surface area (Å²) >= 11 is 1.69. The predicted molar refractivity (Wildman–Crippen MR) is 78.6 cm³/mol. The van der Waals surface area contributed by atoms with E-state index in [2.05, 4.69) is 19.7 Å². The van der Waals surface area contributed by atoms with E-state index in [1.807, 2.05) is 6.92 Å². The molecule has 0 spiro atoms. The quantitative estimate of drug-likeness (QED) is 0.827. The van der Waals surface area contributed by atoms with Gasteiger partial charge < -0.3 is 18.9 Å². The second-order valence-electron chi connectivity index (χ2n) is 5.15. The van der Waals surface area contributed by atoms with Crippen molar-refractivity contribution < 1.29 is 9.47 Å². The molecule has 0 saturated carbocycles. The Kier molecular flexibility index (Phi) is 3.36. The maximum atomic E-state index is 5.42. The molecule has 0 amide bonds. The average Bonchev–Trinajstić information content (AvgIpc) is 3.11. The molecule has 0 aliphatic carbocycles. The highest BCUT2D eigenvalue weighted by Crippen LogP contribution is 2.34. The Morgan fingerprint density at radius 2 is 1.86 bits per heavy atom. The van der Waals surface area contributed by atoms with Gasteiger partial charge >= 0.3 is 0 Å². The second-order valence-corrected chi connectivity index (χ2v) is 6.13. The number of fused-ring (bicyclic) bond motifs is 1. The van der Waals surface area contributed by atoms with Crippen LogP contribution in [-0.2, 0) is 22.6 Å². The van der Waals surface area contributed by atoms with Gasteiger partial charge in [0.15, 0.2) is 16.8 Å². The molecule has 0 bridgehead atoms. The van der Waals surface area contributed by atoms with Gasteiger partial charge in [-0.25, -0.2) is 4.98 Å². The van der Waals surface area contributed by atoms with Gasteiger partial charge in [0.25, 0.3) is 0 Å². The van der Waals surface area contributed by atoms with Crippen LogP contribution in [0.2, 0.25) is 0 Å². The number of morpholine rings is 1. The van der Waals surface area contributed by atoms with Crippen LogP contribution in [0.5, 0.6) is 0 Å². The molecule has 0 N–H and O–H groups in total. The van der Waals surface area contributed by atoms with E-state index in [0.717, 1.165) is 60.2 Å². The normalized spacial score (nSPS) is 18.8. The zero-order valence-corrected chi connectivity index (χ0v) is 12.7. The molecule has 1 saturated heterocycles. The largest absolute Gasteiger partial charge is 0.378 e. The molecule has 4 rings (SSSR count). The molecule has 4 heterocycles. The summed E-state index contributed by atoms with van der Waals surface area (Å²) in [6.07, 6.45) is 0. The number of anilines is 1. The first-order chi connectivity index (χ1) is 10.3. The molecule has 0 unspecified atom stereocenters. The third-order valence-electron chi connectivity index (χ3n) is 3.79. The number of aromatic nitrogens is 4. The highest BCUT2D eigenvalue weighted by Gasteiger charge is 2.23. The SMILES string of the molecule is Cc1nc(N2CCOCC2)sc1-c1nnc2n1CCOC2. The second kappa shape index (κ2) is 5.36. The molecule has 21 heavy (non-hydrogen) atoms. The van der Waals surface area contributed by atoms with Crippen LogP contribution in [0.3, 0.4) is 0 Å². The summed E-state index contributed by atoms with van der Waals surface area (Å²) in [5.41, 5.74) is 1.02. The van der Waals surface area contributed by atoms with E-state index < -0.39 is 0 Å². The predicted octanol–water partition coefficient (Wildman–Crippen LogP) is 1.08. The smallest absolute Gasteiger partial charge is 0.186 e. The van der Waals surface area contributed by atoms with Crippen molar-refractivity contribution in [3.63, 3.8) is 0 Å². The summed E-state index contributed by atoms with van der Waals surface area (Å²) in [5, 5.41) is 9.63. The Morgan fingerprint density at radius 3 is 2.71 bits per heavy atom. The summed E-state index contributed by atoms with van der Waals surface area (Å²) in [6.45, 7) is 7.44. The Morgan fingerprint density at radius 1 is 1.05 bits per heavy atom. The molecule has 2 aliphatic rings. The Hall–Kier alpha value is -1.51. The monoisotopic (exact) mass is 307 g/mol. The number of nitrogens with zero attached hydrogens (tertiary/aromatic N) is 5. The molecule has 0 atom stereocenters. The van der Waals surface area contributed by atoms with Gasteiger partial charge in [0, 0.05) is 19.6 Å². The van der Waals surface area contributed by atoms with Crippen LogP contribution in [0.1, 0.15) is 11.5 Å².